The van der Waals surface area contributed by atoms with Gasteiger partial charge in [-0.3, -0.25) is 4.90 Å². The van der Waals surface area contributed by atoms with E-state index in [0.717, 1.165) is 18.7 Å². The third-order valence-corrected chi connectivity index (χ3v) is 3.84. The molecule has 1 fully saturated rings. The molecule has 1 atom stereocenters. The minimum absolute atomic E-state index is 0. The first kappa shape index (κ1) is 19.1. The van der Waals surface area contributed by atoms with E-state index in [9.17, 15) is 18.3 Å². The van der Waals surface area contributed by atoms with Crippen LogP contribution in [0, 0.1) is 6.92 Å². The molecule has 0 aromatic heterocycles. The number of hydrogen-bond donors (Lipinski definition) is 2. The van der Waals surface area contributed by atoms with Gasteiger partial charge in [-0.15, -0.1) is 12.4 Å². The summed E-state index contributed by atoms with van der Waals surface area (Å²) in [6, 6.07) is 4.72. The SMILES string of the molecule is Cc1ccc(O)c([C@H](CCC(F)(F)F)N2CCNCC2)c1.Cl. The average molecular weight is 339 g/mol. The summed E-state index contributed by atoms with van der Waals surface area (Å²) in [5.74, 6) is 0.0753. The third kappa shape index (κ3) is 5.34. The molecular formula is C15H22ClF3N2O. The molecule has 1 aliphatic rings. The van der Waals surface area contributed by atoms with Crippen molar-refractivity contribution in [1.82, 2.24) is 10.2 Å². The number of phenolic OH excluding ortho intramolecular Hbond substituents is 1. The second-order valence-corrected chi connectivity index (χ2v) is 5.52. The molecule has 1 heterocycles. The van der Waals surface area contributed by atoms with Gasteiger partial charge in [-0.2, -0.15) is 13.2 Å². The fourth-order valence-electron chi connectivity index (χ4n) is 2.77. The standard InChI is InChI=1S/C15H21F3N2O.ClH/c1-11-2-3-14(21)12(10-11)13(4-5-15(16,17)18)20-8-6-19-7-9-20;/h2-3,10,13,19,21H,4-9H2,1H3;1H/t13-;/m0./s1. The zero-order chi connectivity index (χ0) is 15.5. The Bertz CT molecular complexity index is 476. The molecule has 7 heteroatoms. The first-order valence-electron chi connectivity index (χ1n) is 7.18. The van der Waals surface area contributed by atoms with Crippen LogP contribution in [0.1, 0.15) is 30.0 Å². The van der Waals surface area contributed by atoms with Crippen LogP contribution in [0.5, 0.6) is 5.75 Å². The lowest BCUT2D eigenvalue weighted by atomic mass is 9.97. The number of benzene rings is 1. The number of aromatic hydroxyl groups is 1. The zero-order valence-electron chi connectivity index (χ0n) is 12.5. The lowest BCUT2D eigenvalue weighted by Crippen LogP contribution is -2.45. The highest BCUT2D eigenvalue weighted by atomic mass is 35.5. The number of nitrogens with zero attached hydrogens (tertiary/aromatic N) is 1. The van der Waals surface area contributed by atoms with E-state index in [1.165, 1.54) is 0 Å². The van der Waals surface area contributed by atoms with E-state index in [1.807, 2.05) is 11.8 Å². The van der Waals surface area contributed by atoms with Gasteiger partial charge in [0.2, 0.25) is 0 Å². The van der Waals surface area contributed by atoms with E-state index in [4.69, 9.17) is 0 Å². The molecule has 126 valence electrons. The van der Waals surface area contributed by atoms with E-state index in [0.29, 0.717) is 18.7 Å². The number of nitrogens with one attached hydrogen (secondary N) is 1. The van der Waals surface area contributed by atoms with Gasteiger partial charge in [0.05, 0.1) is 0 Å². The Morgan fingerprint density at radius 2 is 1.91 bits per heavy atom. The van der Waals surface area contributed by atoms with Gasteiger partial charge >= 0.3 is 6.18 Å². The molecule has 0 spiro atoms. The van der Waals surface area contributed by atoms with Crippen LogP contribution in [0.3, 0.4) is 0 Å². The molecule has 0 saturated carbocycles. The van der Waals surface area contributed by atoms with Crippen LogP contribution in [0.2, 0.25) is 0 Å². The quantitative estimate of drug-likeness (QED) is 0.883. The van der Waals surface area contributed by atoms with Gasteiger partial charge in [0, 0.05) is 44.2 Å². The van der Waals surface area contributed by atoms with Crippen molar-refractivity contribution in [3.63, 3.8) is 0 Å². The van der Waals surface area contributed by atoms with Gasteiger partial charge in [-0.1, -0.05) is 17.7 Å². The zero-order valence-corrected chi connectivity index (χ0v) is 13.3. The van der Waals surface area contributed by atoms with Gasteiger partial charge in [-0.05, 0) is 19.4 Å². The van der Waals surface area contributed by atoms with Crippen molar-refractivity contribution in [2.45, 2.75) is 32.0 Å². The molecule has 1 aliphatic heterocycles. The normalized spacial score (nSPS) is 17.8. The fourth-order valence-corrected chi connectivity index (χ4v) is 2.77. The predicted molar refractivity (Wildman–Crippen MR) is 82.6 cm³/mol. The van der Waals surface area contributed by atoms with E-state index >= 15 is 0 Å². The Hall–Kier alpha value is -0.980. The van der Waals surface area contributed by atoms with Crippen molar-refractivity contribution in [1.29, 1.82) is 0 Å². The Morgan fingerprint density at radius 3 is 2.50 bits per heavy atom. The summed E-state index contributed by atoms with van der Waals surface area (Å²) in [7, 11) is 0. The van der Waals surface area contributed by atoms with Gasteiger partial charge in [0.1, 0.15) is 5.75 Å². The Morgan fingerprint density at radius 1 is 1.27 bits per heavy atom. The highest BCUT2D eigenvalue weighted by Gasteiger charge is 2.32. The third-order valence-electron chi connectivity index (χ3n) is 3.84. The fraction of sp³-hybridized carbons (Fsp3) is 0.600. The molecule has 2 N–H and O–H groups in total. The minimum Gasteiger partial charge on any atom is -0.508 e. The molecule has 0 aliphatic carbocycles. The highest BCUT2D eigenvalue weighted by molar-refractivity contribution is 5.85. The van der Waals surface area contributed by atoms with Crippen LogP contribution in [0.15, 0.2) is 18.2 Å². The van der Waals surface area contributed by atoms with Crippen molar-refractivity contribution in [2.24, 2.45) is 0 Å². The molecule has 0 radical (unpaired) electrons. The van der Waals surface area contributed by atoms with Crippen molar-refractivity contribution in [3.8, 4) is 5.75 Å². The van der Waals surface area contributed by atoms with E-state index in [2.05, 4.69) is 5.32 Å². The summed E-state index contributed by atoms with van der Waals surface area (Å²) in [4.78, 5) is 2.02. The summed E-state index contributed by atoms with van der Waals surface area (Å²) in [5.41, 5.74) is 1.54. The largest absolute Gasteiger partial charge is 0.508 e. The lowest BCUT2D eigenvalue weighted by Gasteiger charge is -2.35. The topological polar surface area (TPSA) is 35.5 Å². The number of piperazine rings is 1. The van der Waals surface area contributed by atoms with E-state index in [1.54, 1.807) is 18.2 Å². The Kier molecular flexibility index (Phi) is 6.97. The molecule has 1 saturated heterocycles. The molecule has 0 amide bonds. The summed E-state index contributed by atoms with van der Waals surface area (Å²) < 4.78 is 37.8. The van der Waals surface area contributed by atoms with E-state index < -0.39 is 18.6 Å². The Labute approximate surface area is 134 Å². The smallest absolute Gasteiger partial charge is 0.389 e. The van der Waals surface area contributed by atoms with Crippen molar-refractivity contribution in [2.75, 3.05) is 26.2 Å². The maximum absolute atomic E-state index is 12.6. The summed E-state index contributed by atoms with van der Waals surface area (Å²) in [6.45, 7) is 4.78. The molecule has 2 rings (SSSR count). The summed E-state index contributed by atoms with van der Waals surface area (Å²) in [6.07, 6.45) is -5.04. The molecule has 0 unspecified atom stereocenters. The second kappa shape index (κ2) is 8.04. The first-order valence-corrected chi connectivity index (χ1v) is 7.18. The monoisotopic (exact) mass is 338 g/mol. The van der Waals surface area contributed by atoms with Gasteiger partial charge < -0.3 is 10.4 Å². The van der Waals surface area contributed by atoms with Crippen LogP contribution in [0.25, 0.3) is 0 Å². The predicted octanol–water partition coefficient (Wildman–Crippen LogP) is 3.41. The highest BCUT2D eigenvalue weighted by Crippen LogP contribution is 2.36. The molecule has 1 aromatic carbocycles. The molecule has 1 aromatic rings. The Balaban J connectivity index is 0.00000242. The van der Waals surface area contributed by atoms with Crippen LogP contribution in [-0.2, 0) is 0 Å². The summed E-state index contributed by atoms with van der Waals surface area (Å²) >= 11 is 0. The summed E-state index contributed by atoms with van der Waals surface area (Å²) in [5, 5.41) is 13.2. The van der Waals surface area contributed by atoms with Crippen molar-refractivity contribution in [3.05, 3.63) is 29.3 Å². The average Bonchev–Trinajstić information content (AvgIpc) is 2.43. The molecule has 3 nitrogen and oxygen atoms in total. The molecule has 22 heavy (non-hydrogen) atoms. The van der Waals surface area contributed by atoms with Crippen LogP contribution >= 0.6 is 12.4 Å². The van der Waals surface area contributed by atoms with Crippen molar-refractivity contribution < 1.29 is 18.3 Å². The van der Waals surface area contributed by atoms with Gasteiger partial charge in [0.15, 0.2) is 0 Å². The minimum atomic E-state index is -4.17. The number of rotatable bonds is 4. The molecule has 0 bridgehead atoms. The van der Waals surface area contributed by atoms with Crippen LogP contribution in [0.4, 0.5) is 13.2 Å². The number of halogens is 4. The van der Waals surface area contributed by atoms with Crippen molar-refractivity contribution >= 4 is 12.4 Å². The van der Waals surface area contributed by atoms with Crippen LogP contribution in [-0.4, -0.2) is 42.4 Å². The number of alkyl halides is 3. The van der Waals surface area contributed by atoms with Crippen LogP contribution < -0.4 is 5.32 Å². The number of hydrogen-bond acceptors (Lipinski definition) is 3. The van der Waals surface area contributed by atoms with Gasteiger partial charge in [0.25, 0.3) is 0 Å². The first-order chi connectivity index (χ1) is 9.87. The number of aryl methyl sites for hydroxylation is 1. The number of phenols is 1. The van der Waals surface area contributed by atoms with E-state index in [-0.39, 0.29) is 24.6 Å². The maximum Gasteiger partial charge on any atom is 0.389 e. The van der Waals surface area contributed by atoms with Gasteiger partial charge in [-0.25, -0.2) is 0 Å². The lowest BCUT2D eigenvalue weighted by molar-refractivity contribution is -0.138. The second-order valence-electron chi connectivity index (χ2n) is 5.52. The maximum atomic E-state index is 12.6. The molecular weight excluding hydrogens is 317 g/mol.